The van der Waals surface area contributed by atoms with E-state index in [1.807, 2.05) is 72.8 Å². The minimum Gasteiger partial charge on any atom is -0.303 e. The molecular weight excluding hydrogens is 332 g/mol. The Morgan fingerprint density at radius 3 is 2.15 bits per heavy atom. The van der Waals surface area contributed by atoms with Crippen LogP contribution in [0.4, 0.5) is 0 Å². The lowest BCUT2D eigenvalue weighted by Gasteiger charge is -2.17. The van der Waals surface area contributed by atoms with Crippen molar-refractivity contribution in [2.45, 2.75) is 25.7 Å². The molecule has 0 saturated carbocycles. The van der Waals surface area contributed by atoms with Crippen LogP contribution in [0, 0.1) is 5.92 Å². The highest BCUT2D eigenvalue weighted by Gasteiger charge is 2.17. The minimum atomic E-state index is 0.0408. The lowest BCUT2D eigenvalue weighted by Crippen LogP contribution is -2.12. The number of hydrogen-bond donors (Lipinski definition) is 0. The highest BCUT2D eigenvalue weighted by Crippen LogP contribution is 2.22. The molecule has 0 aliphatic heterocycles. The van der Waals surface area contributed by atoms with Crippen molar-refractivity contribution in [1.82, 2.24) is 0 Å². The molecule has 0 N–H and O–H groups in total. The van der Waals surface area contributed by atoms with Crippen molar-refractivity contribution in [3.8, 4) is 0 Å². The van der Waals surface area contributed by atoms with Crippen LogP contribution in [0.3, 0.4) is 0 Å². The zero-order valence-electron chi connectivity index (χ0n) is 15.4. The summed E-state index contributed by atoms with van der Waals surface area (Å²) in [5.74, 6) is 0.270. The fourth-order valence-electron chi connectivity index (χ4n) is 3.43. The van der Waals surface area contributed by atoms with Crippen molar-refractivity contribution in [3.05, 3.63) is 107 Å². The van der Waals surface area contributed by atoms with Gasteiger partial charge in [0, 0.05) is 17.5 Å². The maximum Gasteiger partial charge on any atom is 0.193 e. The fraction of sp³-hybridized carbons (Fsp3) is 0.200. The summed E-state index contributed by atoms with van der Waals surface area (Å²) in [5.41, 5.74) is 3.73. The monoisotopic (exact) mass is 356 g/mol. The molecule has 136 valence electrons. The Kier molecular flexibility index (Phi) is 6.70. The number of benzene rings is 3. The topological polar surface area (TPSA) is 34.1 Å². The Morgan fingerprint density at radius 2 is 1.44 bits per heavy atom. The lowest BCUT2D eigenvalue weighted by atomic mass is 9.87. The van der Waals surface area contributed by atoms with Gasteiger partial charge in [-0.15, -0.1) is 0 Å². The summed E-state index contributed by atoms with van der Waals surface area (Å²) < 4.78 is 0. The van der Waals surface area contributed by atoms with Crippen molar-refractivity contribution in [1.29, 1.82) is 0 Å². The van der Waals surface area contributed by atoms with Gasteiger partial charge in [0.2, 0.25) is 0 Å². The molecule has 0 aliphatic carbocycles. The van der Waals surface area contributed by atoms with Gasteiger partial charge < -0.3 is 4.79 Å². The SMILES string of the molecule is O=CC[C@@H](CCc1ccccc1)Cc1ccccc1C(=O)c1ccccc1. The molecule has 1 atom stereocenters. The largest absolute Gasteiger partial charge is 0.303 e. The molecule has 0 unspecified atom stereocenters. The number of rotatable bonds is 9. The zero-order valence-corrected chi connectivity index (χ0v) is 15.4. The van der Waals surface area contributed by atoms with E-state index in [1.165, 1.54) is 5.56 Å². The van der Waals surface area contributed by atoms with Gasteiger partial charge in [-0.25, -0.2) is 0 Å². The van der Waals surface area contributed by atoms with Gasteiger partial charge in [-0.2, -0.15) is 0 Å². The summed E-state index contributed by atoms with van der Waals surface area (Å²) in [5, 5.41) is 0. The maximum atomic E-state index is 12.9. The van der Waals surface area contributed by atoms with Crippen LogP contribution in [-0.2, 0) is 17.6 Å². The van der Waals surface area contributed by atoms with Gasteiger partial charge in [0.05, 0.1) is 0 Å². The van der Waals surface area contributed by atoms with E-state index in [-0.39, 0.29) is 11.7 Å². The van der Waals surface area contributed by atoms with Crippen LogP contribution in [0.25, 0.3) is 0 Å². The smallest absolute Gasteiger partial charge is 0.193 e. The van der Waals surface area contributed by atoms with E-state index in [4.69, 9.17) is 0 Å². The molecular formula is C25H24O2. The Bertz CT molecular complexity index is 869. The van der Waals surface area contributed by atoms with E-state index >= 15 is 0 Å². The second kappa shape index (κ2) is 9.63. The summed E-state index contributed by atoms with van der Waals surface area (Å²) in [6.45, 7) is 0. The molecule has 3 rings (SSSR count). The molecule has 3 aromatic carbocycles. The number of aldehydes is 1. The van der Waals surface area contributed by atoms with Crippen LogP contribution in [-0.4, -0.2) is 12.1 Å². The number of hydrogen-bond acceptors (Lipinski definition) is 2. The molecule has 0 heterocycles. The van der Waals surface area contributed by atoms with Gasteiger partial charge in [0.1, 0.15) is 6.29 Å². The summed E-state index contributed by atoms with van der Waals surface area (Å²) in [7, 11) is 0. The quantitative estimate of drug-likeness (QED) is 0.385. The van der Waals surface area contributed by atoms with Crippen LogP contribution in [0.15, 0.2) is 84.9 Å². The highest BCUT2D eigenvalue weighted by atomic mass is 16.1. The molecule has 0 aromatic heterocycles. The summed E-state index contributed by atoms with van der Waals surface area (Å²) in [4.78, 5) is 24.1. The number of carbonyl (C=O) groups excluding carboxylic acids is 2. The average molecular weight is 356 g/mol. The van der Waals surface area contributed by atoms with Crippen LogP contribution < -0.4 is 0 Å². The minimum absolute atomic E-state index is 0.0408. The first-order valence-electron chi connectivity index (χ1n) is 9.43. The Labute approximate surface area is 160 Å². The first-order chi connectivity index (χ1) is 13.3. The van der Waals surface area contributed by atoms with E-state index in [2.05, 4.69) is 12.1 Å². The first-order valence-corrected chi connectivity index (χ1v) is 9.43. The fourth-order valence-corrected chi connectivity index (χ4v) is 3.43. The van der Waals surface area contributed by atoms with Gasteiger partial charge in [-0.3, -0.25) is 4.79 Å². The van der Waals surface area contributed by atoms with Gasteiger partial charge >= 0.3 is 0 Å². The molecule has 0 aliphatic rings. The second-order valence-corrected chi connectivity index (χ2v) is 6.85. The standard InChI is InChI=1S/C25H24O2/c26-18-17-21(16-15-20-9-3-1-4-10-20)19-23-13-7-8-14-24(23)25(27)22-11-5-2-6-12-22/h1-14,18,21H,15-17,19H2/t21-/m1/s1. The summed E-state index contributed by atoms with van der Waals surface area (Å²) in [6, 6.07) is 27.4. The molecule has 2 nitrogen and oxygen atoms in total. The van der Waals surface area contributed by atoms with Crippen molar-refractivity contribution in [2.75, 3.05) is 0 Å². The summed E-state index contributed by atoms with van der Waals surface area (Å²) in [6.07, 6.45) is 4.11. The summed E-state index contributed by atoms with van der Waals surface area (Å²) >= 11 is 0. The van der Waals surface area contributed by atoms with Crippen LogP contribution in [0.5, 0.6) is 0 Å². The third-order valence-corrected chi connectivity index (χ3v) is 4.92. The molecule has 0 radical (unpaired) electrons. The van der Waals surface area contributed by atoms with Crippen molar-refractivity contribution < 1.29 is 9.59 Å². The number of aryl methyl sites for hydroxylation is 1. The first kappa shape index (κ1) is 18.8. The predicted octanol–water partition coefficient (Wildman–Crippen LogP) is 5.30. The van der Waals surface area contributed by atoms with Crippen LogP contribution >= 0.6 is 0 Å². The lowest BCUT2D eigenvalue weighted by molar-refractivity contribution is -0.108. The van der Waals surface area contributed by atoms with Crippen molar-refractivity contribution in [3.63, 3.8) is 0 Å². The normalized spacial score (nSPS) is 11.7. The number of carbonyl (C=O) groups is 2. The van der Waals surface area contributed by atoms with Crippen LogP contribution in [0.1, 0.15) is 39.9 Å². The number of ketones is 1. The van der Waals surface area contributed by atoms with E-state index in [9.17, 15) is 9.59 Å². The molecule has 0 fully saturated rings. The van der Waals surface area contributed by atoms with Crippen LogP contribution in [0.2, 0.25) is 0 Å². The van der Waals surface area contributed by atoms with E-state index in [0.717, 1.165) is 36.7 Å². The van der Waals surface area contributed by atoms with E-state index in [1.54, 1.807) is 0 Å². The Morgan fingerprint density at radius 1 is 0.815 bits per heavy atom. The van der Waals surface area contributed by atoms with Gasteiger partial charge in [-0.05, 0) is 36.3 Å². The highest BCUT2D eigenvalue weighted by molar-refractivity contribution is 6.09. The van der Waals surface area contributed by atoms with Gasteiger partial charge in [0.25, 0.3) is 0 Å². The average Bonchev–Trinajstić information content (AvgIpc) is 2.73. The predicted molar refractivity (Wildman–Crippen MR) is 109 cm³/mol. The molecule has 0 amide bonds. The maximum absolute atomic E-state index is 12.9. The third kappa shape index (κ3) is 5.24. The van der Waals surface area contributed by atoms with Crippen molar-refractivity contribution >= 4 is 12.1 Å². The van der Waals surface area contributed by atoms with Gasteiger partial charge in [0.15, 0.2) is 5.78 Å². The molecule has 2 heteroatoms. The third-order valence-electron chi connectivity index (χ3n) is 4.92. The Balaban J connectivity index is 1.76. The Hall–Kier alpha value is -3.00. The van der Waals surface area contributed by atoms with Gasteiger partial charge in [-0.1, -0.05) is 84.9 Å². The molecule has 0 spiro atoms. The zero-order chi connectivity index (χ0) is 18.9. The molecule has 0 saturated heterocycles. The molecule has 27 heavy (non-hydrogen) atoms. The molecule has 0 bridgehead atoms. The molecule has 3 aromatic rings. The van der Waals surface area contributed by atoms with E-state index in [0.29, 0.717) is 12.0 Å². The van der Waals surface area contributed by atoms with E-state index < -0.39 is 0 Å². The second-order valence-electron chi connectivity index (χ2n) is 6.85. The van der Waals surface area contributed by atoms with Crippen molar-refractivity contribution in [2.24, 2.45) is 5.92 Å².